The highest BCUT2D eigenvalue weighted by atomic mass is 16.3. The molecule has 0 heterocycles. The lowest BCUT2D eigenvalue weighted by atomic mass is 9.84. The number of carbonyl (C=O) groups is 1. The molecule has 0 spiro atoms. The minimum atomic E-state index is -0.256. The first-order valence-corrected chi connectivity index (χ1v) is 6.10. The summed E-state index contributed by atoms with van der Waals surface area (Å²) in [6, 6.07) is 0.00555. The molecule has 0 radical (unpaired) electrons. The van der Waals surface area contributed by atoms with Crippen molar-refractivity contribution in [2.45, 2.75) is 45.6 Å². The average Bonchev–Trinajstić information content (AvgIpc) is 2.27. The number of nitrogens with two attached hydrogens (primary N) is 1. The van der Waals surface area contributed by atoms with E-state index in [0.717, 1.165) is 25.7 Å². The van der Waals surface area contributed by atoms with Crippen LogP contribution in [0, 0.1) is 11.3 Å². The van der Waals surface area contributed by atoms with Crippen molar-refractivity contribution in [1.29, 1.82) is 0 Å². The third-order valence-electron chi connectivity index (χ3n) is 3.33. The minimum Gasteiger partial charge on any atom is -0.396 e. The highest BCUT2D eigenvalue weighted by Crippen LogP contribution is 2.23. The van der Waals surface area contributed by atoms with Gasteiger partial charge in [-0.25, -0.2) is 0 Å². The van der Waals surface area contributed by atoms with Crippen LogP contribution in [0.2, 0.25) is 0 Å². The Labute approximate surface area is 97.6 Å². The number of nitrogens with one attached hydrogen (secondary N) is 1. The van der Waals surface area contributed by atoms with Crippen LogP contribution in [-0.4, -0.2) is 30.2 Å². The van der Waals surface area contributed by atoms with E-state index in [4.69, 9.17) is 10.8 Å². The lowest BCUT2D eigenvalue weighted by Crippen LogP contribution is -2.46. The van der Waals surface area contributed by atoms with Gasteiger partial charge in [0.15, 0.2) is 0 Å². The molecule has 1 fully saturated rings. The van der Waals surface area contributed by atoms with Crippen LogP contribution in [0.3, 0.4) is 0 Å². The molecule has 0 aromatic carbocycles. The number of amides is 1. The molecule has 0 bridgehead atoms. The van der Waals surface area contributed by atoms with Gasteiger partial charge in [-0.2, -0.15) is 0 Å². The van der Waals surface area contributed by atoms with E-state index in [-0.39, 0.29) is 29.9 Å². The summed E-state index contributed by atoms with van der Waals surface area (Å²) in [7, 11) is 0. The van der Waals surface area contributed by atoms with Gasteiger partial charge in [0.2, 0.25) is 5.91 Å². The second-order valence-electron chi connectivity index (χ2n) is 5.59. The van der Waals surface area contributed by atoms with E-state index in [2.05, 4.69) is 5.32 Å². The molecule has 1 aliphatic rings. The van der Waals surface area contributed by atoms with E-state index in [0.29, 0.717) is 6.54 Å². The Hall–Kier alpha value is -0.610. The SMILES string of the molecule is CC(C)(CO)CNC(=O)C1CCCCC1N. The summed E-state index contributed by atoms with van der Waals surface area (Å²) in [6.07, 6.45) is 4.07. The monoisotopic (exact) mass is 228 g/mol. The fraction of sp³-hybridized carbons (Fsp3) is 0.917. The number of hydrogen-bond acceptors (Lipinski definition) is 3. The zero-order valence-electron chi connectivity index (χ0n) is 10.3. The zero-order valence-corrected chi connectivity index (χ0v) is 10.3. The molecule has 0 saturated heterocycles. The van der Waals surface area contributed by atoms with Crippen molar-refractivity contribution < 1.29 is 9.90 Å². The first-order chi connectivity index (χ1) is 7.46. The first kappa shape index (κ1) is 13.5. The fourth-order valence-electron chi connectivity index (χ4n) is 2.00. The summed E-state index contributed by atoms with van der Waals surface area (Å²) in [5.41, 5.74) is 5.69. The normalized spacial score (nSPS) is 26.5. The van der Waals surface area contributed by atoms with E-state index < -0.39 is 0 Å². The summed E-state index contributed by atoms with van der Waals surface area (Å²) in [4.78, 5) is 11.9. The fourth-order valence-corrected chi connectivity index (χ4v) is 2.00. The topological polar surface area (TPSA) is 75.3 Å². The molecule has 2 atom stereocenters. The van der Waals surface area contributed by atoms with Gasteiger partial charge in [-0.15, -0.1) is 0 Å². The Kier molecular flexibility index (Phi) is 4.74. The van der Waals surface area contributed by atoms with Crippen LogP contribution in [0.25, 0.3) is 0 Å². The Morgan fingerprint density at radius 1 is 1.44 bits per heavy atom. The Balaban J connectivity index is 2.39. The van der Waals surface area contributed by atoms with Gasteiger partial charge in [-0.05, 0) is 12.8 Å². The number of aliphatic hydroxyl groups is 1. The van der Waals surface area contributed by atoms with Crippen LogP contribution in [0.15, 0.2) is 0 Å². The summed E-state index contributed by atoms with van der Waals surface area (Å²) in [5.74, 6) is 0.0111. The van der Waals surface area contributed by atoms with Gasteiger partial charge >= 0.3 is 0 Å². The maximum absolute atomic E-state index is 11.9. The van der Waals surface area contributed by atoms with Crippen molar-refractivity contribution in [2.75, 3.05) is 13.2 Å². The molecule has 4 heteroatoms. The standard InChI is InChI=1S/C12H24N2O2/c1-12(2,8-15)7-14-11(16)9-5-3-4-6-10(9)13/h9-10,15H,3-8,13H2,1-2H3,(H,14,16). The molecule has 16 heavy (non-hydrogen) atoms. The van der Waals surface area contributed by atoms with Crippen molar-refractivity contribution in [3.05, 3.63) is 0 Å². The molecule has 0 aliphatic heterocycles. The molecule has 0 aromatic rings. The summed E-state index contributed by atoms with van der Waals surface area (Å²) < 4.78 is 0. The first-order valence-electron chi connectivity index (χ1n) is 6.10. The van der Waals surface area contributed by atoms with Crippen LogP contribution in [0.5, 0.6) is 0 Å². The third-order valence-corrected chi connectivity index (χ3v) is 3.33. The van der Waals surface area contributed by atoms with Crippen LogP contribution < -0.4 is 11.1 Å². The second kappa shape index (κ2) is 5.64. The van der Waals surface area contributed by atoms with Crippen molar-refractivity contribution in [2.24, 2.45) is 17.1 Å². The van der Waals surface area contributed by atoms with E-state index in [1.165, 1.54) is 0 Å². The van der Waals surface area contributed by atoms with Gasteiger partial charge in [-0.1, -0.05) is 26.7 Å². The quantitative estimate of drug-likeness (QED) is 0.661. The minimum absolute atomic E-state index is 0.00555. The molecule has 1 aliphatic carbocycles. The Morgan fingerprint density at radius 2 is 2.06 bits per heavy atom. The molecule has 94 valence electrons. The van der Waals surface area contributed by atoms with E-state index in [1.54, 1.807) is 0 Å². The van der Waals surface area contributed by atoms with Crippen LogP contribution in [-0.2, 0) is 4.79 Å². The van der Waals surface area contributed by atoms with Gasteiger partial charge in [0.05, 0.1) is 5.92 Å². The van der Waals surface area contributed by atoms with Gasteiger partial charge in [0.1, 0.15) is 0 Å². The van der Waals surface area contributed by atoms with Gasteiger partial charge < -0.3 is 16.2 Å². The van der Waals surface area contributed by atoms with Gasteiger partial charge in [0.25, 0.3) is 0 Å². The summed E-state index contributed by atoms with van der Waals surface area (Å²) >= 11 is 0. The van der Waals surface area contributed by atoms with Crippen molar-refractivity contribution >= 4 is 5.91 Å². The Bertz CT molecular complexity index is 241. The van der Waals surface area contributed by atoms with E-state index in [1.807, 2.05) is 13.8 Å². The van der Waals surface area contributed by atoms with Crippen LogP contribution in [0.1, 0.15) is 39.5 Å². The number of aliphatic hydroxyl groups excluding tert-OH is 1. The molecular formula is C12H24N2O2. The average molecular weight is 228 g/mol. The lowest BCUT2D eigenvalue weighted by Gasteiger charge is -2.29. The predicted octanol–water partition coefficient (Wildman–Crippen LogP) is 0.639. The smallest absolute Gasteiger partial charge is 0.224 e. The maximum Gasteiger partial charge on any atom is 0.224 e. The largest absolute Gasteiger partial charge is 0.396 e. The molecule has 1 saturated carbocycles. The molecule has 4 N–H and O–H groups in total. The molecule has 4 nitrogen and oxygen atoms in total. The molecule has 0 aromatic heterocycles. The van der Waals surface area contributed by atoms with Gasteiger partial charge in [-0.3, -0.25) is 4.79 Å². The van der Waals surface area contributed by atoms with Gasteiger partial charge in [0, 0.05) is 24.6 Å². The second-order valence-corrected chi connectivity index (χ2v) is 5.59. The third kappa shape index (κ3) is 3.76. The van der Waals surface area contributed by atoms with E-state index in [9.17, 15) is 4.79 Å². The highest BCUT2D eigenvalue weighted by Gasteiger charge is 2.29. The number of carbonyl (C=O) groups excluding carboxylic acids is 1. The molecule has 1 rings (SSSR count). The predicted molar refractivity (Wildman–Crippen MR) is 63.8 cm³/mol. The maximum atomic E-state index is 11.9. The summed E-state index contributed by atoms with van der Waals surface area (Å²) in [6.45, 7) is 4.43. The van der Waals surface area contributed by atoms with Crippen molar-refractivity contribution in [3.63, 3.8) is 0 Å². The zero-order chi connectivity index (χ0) is 12.2. The van der Waals surface area contributed by atoms with Crippen molar-refractivity contribution in [1.82, 2.24) is 5.32 Å². The Morgan fingerprint density at radius 3 is 2.62 bits per heavy atom. The van der Waals surface area contributed by atoms with Crippen LogP contribution >= 0.6 is 0 Å². The molecular weight excluding hydrogens is 204 g/mol. The lowest BCUT2D eigenvalue weighted by molar-refractivity contribution is -0.127. The molecule has 2 unspecified atom stereocenters. The summed E-state index contributed by atoms with van der Waals surface area (Å²) in [5, 5.41) is 12.0. The number of rotatable bonds is 4. The van der Waals surface area contributed by atoms with E-state index >= 15 is 0 Å². The number of hydrogen-bond donors (Lipinski definition) is 3. The molecule has 1 amide bonds. The van der Waals surface area contributed by atoms with Crippen molar-refractivity contribution in [3.8, 4) is 0 Å². The highest BCUT2D eigenvalue weighted by molar-refractivity contribution is 5.79. The van der Waals surface area contributed by atoms with Crippen LogP contribution in [0.4, 0.5) is 0 Å².